The number of rotatable bonds is 6. The van der Waals surface area contributed by atoms with E-state index in [-0.39, 0.29) is 37.2 Å². The molecule has 0 aliphatic heterocycles. The summed E-state index contributed by atoms with van der Waals surface area (Å²) >= 11 is 0. The number of nitro groups is 1. The Hall–Kier alpha value is -1.70. The van der Waals surface area contributed by atoms with E-state index in [1.54, 1.807) is 12.1 Å². The number of carbonyl (C=O) groups excluding carboxylic acids is 1. The van der Waals surface area contributed by atoms with Crippen LogP contribution in [-0.4, -0.2) is 30.6 Å². The summed E-state index contributed by atoms with van der Waals surface area (Å²) in [5, 5.41) is 13.1. The van der Waals surface area contributed by atoms with E-state index in [9.17, 15) is 14.9 Å². The average Bonchev–Trinajstić information content (AvgIpc) is 2.36. The van der Waals surface area contributed by atoms with Crippen LogP contribution in [0.4, 0.5) is 5.69 Å². The SMILES string of the molecule is COCC(N)C(=O)NCc1ccc([N+](=O)[O-])cc1.Cl. The first-order valence-electron chi connectivity index (χ1n) is 5.30. The average molecular weight is 290 g/mol. The molecule has 7 nitrogen and oxygen atoms in total. The van der Waals surface area contributed by atoms with Gasteiger partial charge in [0.1, 0.15) is 6.04 Å². The summed E-state index contributed by atoms with van der Waals surface area (Å²) in [5.41, 5.74) is 6.31. The largest absolute Gasteiger partial charge is 0.383 e. The van der Waals surface area contributed by atoms with E-state index >= 15 is 0 Å². The number of nitrogens with zero attached hydrogens (tertiary/aromatic N) is 1. The number of non-ortho nitro benzene ring substituents is 1. The molecule has 0 saturated heterocycles. The fraction of sp³-hybridized carbons (Fsp3) is 0.364. The standard InChI is InChI=1S/C11H15N3O4.ClH/c1-18-7-10(12)11(15)13-6-8-2-4-9(5-3-8)14(16)17;/h2-5,10H,6-7,12H2,1H3,(H,13,15);1H. The highest BCUT2D eigenvalue weighted by atomic mass is 35.5. The molecule has 0 fully saturated rings. The Morgan fingerprint density at radius 2 is 2.05 bits per heavy atom. The van der Waals surface area contributed by atoms with Crippen molar-refractivity contribution in [2.45, 2.75) is 12.6 Å². The van der Waals surface area contributed by atoms with E-state index in [0.717, 1.165) is 5.56 Å². The number of hydrogen-bond donors (Lipinski definition) is 2. The van der Waals surface area contributed by atoms with Crippen molar-refractivity contribution < 1.29 is 14.5 Å². The van der Waals surface area contributed by atoms with Crippen molar-refractivity contribution in [2.75, 3.05) is 13.7 Å². The molecule has 106 valence electrons. The molecule has 8 heteroatoms. The minimum absolute atomic E-state index is 0. The lowest BCUT2D eigenvalue weighted by Gasteiger charge is -2.11. The molecule has 19 heavy (non-hydrogen) atoms. The van der Waals surface area contributed by atoms with Gasteiger partial charge in [-0.25, -0.2) is 0 Å². The van der Waals surface area contributed by atoms with Crippen molar-refractivity contribution in [3.8, 4) is 0 Å². The van der Waals surface area contributed by atoms with Crippen LogP contribution in [0.5, 0.6) is 0 Å². The van der Waals surface area contributed by atoms with Gasteiger partial charge in [-0.15, -0.1) is 12.4 Å². The Bertz CT molecular complexity index is 424. The van der Waals surface area contributed by atoms with Crippen molar-refractivity contribution in [3.63, 3.8) is 0 Å². The Balaban J connectivity index is 0.00000324. The second kappa shape index (κ2) is 8.41. The Kier molecular flexibility index (Phi) is 7.66. The third kappa shape index (κ3) is 5.64. The molecule has 1 aromatic carbocycles. The number of methoxy groups -OCH3 is 1. The van der Waals surface area contributed by atoms with Crippen LogP contribution in [0.25, 0.3) is 0 Å². The van der Waals surface area contributed by atoms with E-state index in [0.29, 0.717) is 0 Å². The first kappa shape index (κ1) is 17.3. The number of carbonyl (C=O) groups is 1. The van der Waals surface area contributed by atoms with E-state index < -0.39 is 11.0 Å². The highest BCUT2D eigenvalue weighted by Gasteiger charge is 2.12. The molecular weight excluding hydrogens is 274 g/mol. The van der Waals surface area contributed by atoms with Crippen LogP contribution >= 0.6 is 12.4 Å². The Morgan fingerprint density at radius 1 is 1.47 bits per heavy atom. The molecule has 1 amide bonds. The van der Waals surface area contributed by atoms with Gasteiger partial charge in [-0.2, -0.15) is 0 Å². The lowest BCUT2D eigenvalue weighted by molar-refractivity contribution is -0.384. The van der Waals surface area contributed by atoms with E-state index in [4.69, 9.17) is 10.5 Å². The zero-order valence-corrected chi connectivity index (χ0v) is 11.2. The zero-order chi connectivity index (χ0) is 13.5. The van der Waals surface area contributed by atoms with Crippen molar-refractivity contribution in [1.29, 1.82) is 0 Å². The molecule has 0 bridgehead atoms. The maximum absolute atomic E-state index is 11.5. The molecule has 0 radical (unpaired) electrons. The van der Waals surface area contributed by atoms with Crippen LogP contribution in [-0.2, 0) is 16.1 Å². The van der Waals surface area contributed by atoms with Gasteiger partial charge >= 0.3 is 0 Å². The molecule has 0 spiro atoms. The smallest absolute Gasteiger partial charge is 0.269 e. The second-order valence-electron chi connectivity index (χ2n) is 3.70. The Labute approximate surface area is 116 Å². The fourth-order valence-corrected chi connectivity index (χ4v) is 1.31. The first-order chi connectivity index (χ1) is 8.54. The molecular formula is C11H16ClN3O4. The van der Waals surface area contributed by atoms with Crippen LogP contribution < -0.4 is 11.1 Å². The number of benzene rings is 1. The lowest BCUT2D eigenvalue weighted by atomic mass is 10.2. The van der Waals surface area contributed by atoms with Gasteiger partial charge in [0.2, 0.25) is 5.91 Å². The maximum Gasteiger partial charge on any atom is 0.269 e. The van der Waals surface area contributed by atoms with Gasteiger partial charge in [0.15, 0.2) is 0 Å². The number of nitrogens with two attached hydrogens (primary N) is 1. The molecule has 0 saturated carbocycles. The molecule has 1 unspecified atom stereocenters. The fourth-order valence-electron chi connectivity index (χ4n) is 1.31. The molecule has 3 N–H and O–H groups in total. The van der Waals surface area contributed by atoms with E-state index in [1.807, 2.05) is 0 Å². The van der Waals surface area contributed by atoms with Crippen LogP contribution in [0.15, 0.2) is 24.3 Å². The first-order valence-corrected chi connectivity index (χ1v) is 5.30. The summed E-state index contributed by atoms with van der Waals surface area (Å²) in [6, 6.07) is 5.22. The van der Waals surface area contributed by atoms with Crippen LogP contribution in [0.1, 0.15) is 5.56 Å². The predicted octanol–water partition coefficient (Wildman–Crippen LogP) is 0.607. The summed E-state index contributed by atoms with van der Waals surface area (Å²) in [6.07, 6.45) is 0. The van der Waals surface area contributed by atoms with Crippen LogP contribution in [0.2, 0.25) is 0 Å². The number of halogens is 1. The van der Waals surface area contributed by atoms with Crippen LogP contribution in [0, 0.1) is 10.1 Å². The predicted molar refractivity (Wildman–Crippen MR) is 72.0 cm³/mol. The zero-order valence-electron chi connectivity index (χ0n) is 10.4. The Morgan fingerprint density at radius 3 is 2.53 bits per heavy atom. The third-order valence-electron chi connectivity index (χ3n) is 2.30. The summed E-state index contributed by atoms with van der Waals surface area (Å²) in [7, 11) is 1.46. The minimum Gasteiger partial charge on any atom is -0.383 e. The van der Waals surface area contributed by atoms with Crippen molar-refractivity contribution in [2.24, 2.45) is 5.73 Å². The molecule has 0 heterocycles. The van der Waals surface area contributed by atoms with Gasteiger partial charge in [-0.3, -0.25) is 14.9 Å². The molecule has 1 atom stereocenters. The maximum atomic E-state index is 11.5. The topological polar surface area (TPSA) is 107 Å². The lowest BCUT2D eigenvalue weighted by Crippen LogP contribution is -2.43. The highest BCUT2D eigenvalue weighted by molar-refractivity contribution is 5.85. The van der Waals surface area contributed by atoms with Gasteiger partial charge < -0.3 is 15.8 Å². The summed E-state index contributed by atoms with van der Waals surface area (Å²) < 4.78 is 4.76. The number of amides is 1. The van der Waals surface area contributed by atoms with Crippen LogP contribution in [0.3, 0.4) is 0 Å². The van der Waals surface area contributed by atoms with E-state index in [1.165, 1.54) is 19.2 Å². The van der Waals surface area contributed by atoms with Gasteiger partial charge in [0.05, 0.1) is 11.5 Å². The second-order valence-corrected chi connectivity index (χ2v) is 3.70. The molecule has 1 rings (SSSR count). The van der Waals surface area contributed by atoms with Crippen molar-refractivity contribution in [3.05, 3.63) is 39.9 Å². The van der Waals surface area contributed by atoms with Gasteiger partial charge in [0, 0.05) is 25.8 Å². The van der Waals surface area contributed by atoms with Gasteiger partial charge in [-0.05, 0) is 5.56 Å². The number of nitrogens with one attached hydrogen (secondary N) is 1. The van der Waals surface area contributed by atoms with Crippen molar-refractivity contribution in [1.82, 2.24) is 5.32 Å². The number of nitro benzene ring substituents is 1. The molecule has 0 aliphatic carbocycles. The third-order valence-corrected chi connectivity index (χ3v) is 2.30. The normalized spacial score (nSPS) is 11.3. The molecule has 0 aromatic heterocycles. The number of hydrogen-bond acceptors (Lipinski definition) is 5. The van der Waals surface area contributed by atoms with Gasteiger partial charge in [0.25, 0.3) is 5.69 Å². The molecule has 1 aromatic rings. The molecule has 0 aliphatic rings. The quantitative estimate of drug-likeness (QED) is 0.589. The van der Waals surface area contributed by atoms with Gasteiger partial charge in [-0.1, -0.05) is 12.1 Å². The van der Waals surface area contributed by atoms with E-state index in [2.05, 4.69) is 5.32 Å². The highest BCUT2D eigenvalue weighted by Crippen LogP contribution is 2.11. The minimum atomic E-state index is -0.715. The summed E-state index contributed by atoms with van der Waals surface area (Å²) in [4.78, 5) is 21.4. The monoisotopic (exact) mass is 289 g/mol. The summed E-state index contributed by atoms with van der Waals surface area (Å²) in [6.45, 7) is 0.417. The summed E-state index contributed by atoms with van der Waals surface area (Å²) in [5.74, 6) is -0.324. The number of ether oxygens (including phenoxy) is 1. The van der Waals surface area contributed by atoms with Crippen molar-refractivity contribution >= 4 is 24.0 Å².